The van der Waals surface area contributed by atoms with Crippen molar-refractivity contribution in [2.45, 2.75) is 31.7 Å². The van der Waals surface area contributed by atoms with Gasteiger partial charge in [-0.1, -0.05) is 43.2 Å². The maximum Gasteiger partial charge on any atom is 0.270 e. The summed E-state index contributed by atoms with van der Waals surface area (Å²) in [6.45, 7) is 3.44. The molecule has 3 N–H and O–H groups in total. The lowest BCUT2D eigenvalue weighted by Gasteiger charge is -2.37. The van der Waals surface area contributed by atoms with Gasteiger partial charge in [-0.2, -0.15) is 0 Å². The number of carbonyl (C=O) groups is 1. The molecule has 2 fully saturated rings. The van der Waals surface area contributed by atoms with Gasteiger partial charge < -0.3 is 15.6 Å². The number of aromatic amines is 1. The molecule has 3 aromatic rings. The highest BCUT2D eigenvalue weighted by Gasteiger charge is 2.29. The van der Waals surface area contributed by atoms with Crippen molar-refractivity contribution in [3.05, 3.63) is 42.1 Å². The summed E-state index contributed by atoms with van der Waals surface area (Å²) in [6, 6.07) is 12.2. The average molecular weight is 390 g/mol. The van der Waals surface area contributed by atoms with Gasteiger partial charge in [-0.3, -0.25) is 9.69 Å². The summed E-state index contributed by atoms with van der Waals surface area (Å²) in [7, 11) is 0. The fourth-order valence-electron chi connectivity index (χ4n) is 4.59. The zero-order chi connectivity index (χ0) is 19.8. The number of nitrogens with zero attached hydrogens (tertiary/aromatic N) is 4. The Balaban J connectivity index is 1.35. The van der Waals surface area contributed by atoms with Crippen LogP contribution in [0, 0.1) is 0 Å². The Morgan fingerprint density at radius 3 is 2.48 bits per heavy atom. The van der Waals surface area contributed by atoms with E-state index < -0.39 is 0 Å². The highest BCUT2D eigenvalue weighted by Crippen LogP contribution is 2.26. The average Bonchev–Trinajstić information content (AvgIpc) is 3.44. The molecule has 7 heteroatoms. The van der Waals surface area contributed by atoms with Gasteiger partial charge in [-0.05, 0) is 18.9 Å². The van der Waals surface area contributed by atoms with Gasteiger partial charge in [0.05, 0.1) is 5.39 Å². The molecule has 0 atom stereocenters. The Morgan fingerprint density at radius 1 is 1.03 bits per heavy atom. The summed E-state index contributed by atoms with van der Waals surface area (Å²) >= 11 is 0. The zero-order valence-corrected chi connectivity index (χ0v) is 16.5. The van der Waals surface area contributed by atoms with E-state index in [1.54, 1.807) is 6.07 Å². The van der Waals surface area contributed by atoms with Crippen molar-refractivity contribution >= 4 is 22.8 Å². The largest absolute Gasteiger partial charge is 0.383 e. The van der Waals surface area contributed by atoms with Crippen LogP contribution in [-0.4, -0.2) is 62.9 Å². The number of nitrogen functional groups attached to an aromatic ring is 1. The third-order valence-electron chi connectivity index (χ3n) is 6.22. The molecular formula is C22H26N6O. The Hall–Kier alpha value is -2.93. The molecule has 29 heavy (non-hydrogen) atoms. The number of carbonyl (C=O) groups excluding carboxylic acids is 1. The molecule has 0 unspecified atom stereocenters. The Morgan fingerprint density at radius 2 is 1.76 bits per heavy atom. The summed E-state index contributed by atoms with van der Waals surface area (Å²) < 4.78 is 0. The molecule has 0 spiro atoms. The highest BCUT2D eigenvalue weighted by atomic mass is 16.2. The van der Waals surface area contributed by atoms with E-state index in [0.29, 0.717) is 34.4 Å². The number of piperazine rings is 1. The van der Waals surface area contributed by atoms with Gasteiger partial charge in [-0.15, -0.1) is 0 Å². The molecular weight excluding hydrogens is 364 g/mol. The third-order valence-corrected chi connectivity index (χ3v) is 6.22. The highest BCUT2D eigenvalue weighted by molar-refractivity contribution is 6.00. The van der Waals surface area contributed by atoms with Crippen LogP contribution >= 0.6 is 0 Å². The Kier molecular flexibility index (Phi) is 4.67. The fourth-order valence-corrected chi connectivity index (χ4v) is 4.59. The minimum absolute atomic E-state index is 0.00901. The van der Waals surface area contributed by atoms with Crippen molar-refractivity contribution < 1.29 is 4.79 Å². The summed E-state index contributed by atoms with van der Waals surface area (Å²) in [5.41, 5.74) is 8.20. The van der Waals surface area contributed by atoms with E-state index in [4.69, 9.17) is 5.73 Å². The molecule has 1 aliphatic heterocycles. The van der Waals surface area contributed by atoms with Crippen molar-refractivity contribution in [1.29, 1.82) is 0 Å². The third kappa shape index (κ3) is 3.46. The van der Waals surface area contributed by atoms with Gasteiger partial charge in [0, 0.05) is 37.8 Å². The molecule has 7 nitrogen and oxygen atoms in total. The molecule has 3 heterocycles. The number of H-pyrrole nitrogens is 1. The lowest BCUT2D eigenvalue weighted by Crippen LogP contribution is -2.51. The van der Waals surface area contributed by atoms with Crippen molar-refractivity contribution in [3.63, 3.8) is 0 Å². The molecule has 2 aromatic heterocycles. The number of hydrogen-bond acceptors (Lipinski definition) is 5. The number of fused-ring (bicyclic) bond motifs is 1. The van der Waals surface area contributed by atoms with Gasteiger partial charge in [0.1, 0.15) is 17.2 Å². The van der Waals surface area contributed by atoms with Crippen LogP contribution in [0.5, 0.6) is 0 Å². The lowest BCUT2D eigenvalue weighted by molar-refractivity contribution is 0.0569. The smallest absolute Gasteiger partial charge is 0.270 e. The topological polar surface area (TPSA) is 91.1 Å². The van der Waals surface area contributed by atoms with Crippen LogP contribution in [0.3, 0.4) is 0 Å². The van der Waals surface area contributed by atoms with Crippen LogP contribution in [0.1, 0.15) is 36.2 Å². The van der Waals surface area contributed by atoms with Crippen LogP contribution in [-0.2, 0) is 0 Å². The van der Waals surface area contributed by atoms with Crippen LogP contribution < -0.4 is 5.73 Å². The number of amides is 1. The second-order valence-electron chi connectivity index (χ2n) is 8.01. The van der Waals surface area contributed by atoms with E-state index in [0.717, 1.165) is 31.7 Å². The number of hydrogen-bond donors (Lipinski definition) is 2. The van der Waals surface area contributed by atoms with E-state index in [2.05, 4.69) is 19.9 Å². The number of anilines is 1. The lowest BCUT2D eigenvalue weighted by atomic mass is 10.1. The molecule has 1 saturated heterocycles. The van der Waals surface area contributed by atoms with Gasteiger partial charge in [0.2, 0.25) is 0 Å². The molecule has 0 radical (unpaired) electrons. The minimum Gasteiger partial charge on any atom is -0.383 e. The van der Waals surface area contributed by atoms with Crippen molar-refractivity contribution in [2.75, 3.05) is 31.9 Å². The summed E-state index contributed by atoms with van der Waals surface area (Å²) in [6.07, 6.45) is 5.29. The first-order valence-electron chi connectivity index (χ1n) is 10.4. The van der Waals surface area contributed by atoms with Crippen LogP contribution in [0.4, 0.5) is 5.82 Å². The fraction of sp³-hybridized carbons (Fsp3) is 0.409. The molecule has 1 aliphatic carbocycles. The first-order valence-corrected chi connectivity index (χ1v) is 10.4. The molecule has 150 valence electrons. The molecule has 1 saturated carbocycles. The van der Waals surface area contributed by atoms with Gasteiger partial charge in [-0.25, -0.2) is 9.97 Å². The first kappa shape index (κ1) is 18.1. The monoisotopic (exact) mass is 390 g/mol. The van der Waals surface area contributed by atoms with E-state index >= 15 is 0 Å². The number of aromatic nitrogens is 3. The number of benzene rings is 1. The maximum atomic E-state index is 13.1. The minimum atomic E-state index is 0.00901. The summed E-state index contributed by atoms with van der Waals surface area (Å²) in [4.78, 5) is 29.7. The predicted molar refractivity (Wildman–Crippen MR) is 113 cm³/mol. The number of nitrogens with two attached hydrogens (primary N) is 1. The van der Waals surface area contributed by atoms with Crippen molar-refractivity contribution in [3.8, 4) is 11.4 Å². The predicted octanol–water partition coefficient (Wildman–Crippen LogP) is 2.91. The summed E-state index contributed by atoms with van der Waals surface area (Å²) in [5, 5.41) is 0.692. The van der Waals surface area contributed by atoms with E-state index in [-0.39, 0.29) is 5.91 Å². The molecule has 5 rings (SSSR count). The normalized spacial score (nSPS) is 18.6. The molecule has 2 aliphatic rings. The van der Waals surface area contributed by atoms with E-state index in [1.165, 1.54) is 25.7 Å². The molecule has 1 amide bonds. The Labute approximate surface area is 169 Å². The first-order chi connectivity index (χ1) is 14.2. The molecule has 0 bridgehead atoms. The maximum absolute atomic E-state index is 13.1. The van der Waals surface area contributed by atoms with Crippen LogP contribution in [0.15, 0.2) is 36.4 Å². The van der Waals surface area contributed by atoms with Gasteiger partial charge >= 0.3 is 0 Å². The quantitative estimate of drug-likeness (QED) is 0.718. The summed E-state index contributed by atoms with van der Waals surface area (Å²) in [5.74, 6) is 0.951. The number of nitrogens with one attached hydrogen (secondary N) is 1. The number of rotatable bonds is 3. The zero-order valence-electron chi connectivity index (χ0n) is 16.5. The standard InChI is InChI=1S/C22H26N6O/c23-19-17-14-18(24-21(17)26-20(25-19)15-6-2-1-3-7-15)22(29)28-12-10-27(11-13-28)16-8-4-5-9-16/h1-3,6-7,14,16H,4-5,8-13H2,(H3,23,24,25,26). The molecule has 1 aromatic carbocycles. The SMILES string of the molecule is Nc1nc(-c2ccccc2)nc2[nH]c(C(=O)N3CCN(C4CCCC4)CC3)cc12. The van der Waals surface area contributed by atoms with Gasteiger partial charge in [0.25, 0.3) is 5.91 Å². The van der Waals surface area contributed by atoms with Crippen LogP contribution in [0.2, 0.25) is 0 Å². The van der Waals surface area contributed by atoms with Gasteiger partial charge in [0.15, 0.2) is 5.82 Å². The second-order valence-corrected chi connectivity index (χ2v) is 8.01. The Bertz CT molecular complexity index is 1020. The van der Waals surface area contributed by atoms with Crippen molar-refractivity contribution in [1.82, 2.24) is 24.8 Å². The van der Waals surface area contributed by atoms with Crippen molar-refractivity contribution in [2.24, 2.45) is 0 Å². The van der Waals surface area contributed by atoms with E-state index in [1.807, 2.05) is 35.2 Å². The van der Waals surface area contributed by atoms with Crippen LogP contribution in [0.25, 0.3) is 22.4 Å². The second kappa shape index (κ2) is 7.48. The van der Waals surface area contributed by atoms with E-state index in [9.17, 15) is 4.79 Å².